The number of nitrogens with zero attached hydrogens (tertiary/aromatic N) is 1. The number of rotatable bonds is 4. The fourth-order valence-electron chi connectivity index (χ4n) is 3.07. The van der Waals surface area contributed by atoms with Crippen LogP contribution in [0.2, 0.25) is 0 Å². The Labute approximate surface area is 127 Å². The SMILES string of the molecule is CCC1CCC(O)(CNC(=O)c2ccc(C)nc2C)CC1. The first kappa shape index (κ1) is 16.0. The summed E-state index contributed by atoms with van der Waals surface area (Å²) in [6.45, 7) is 6.27. The Balaban J connectivity index is 1.92. The number of hydrogen-bond donors (Lipinski definition) is 2. The number of aliphatic hydroxyl groups is 1. The molecule has 0 saturated heterocycles. The lowest BCUT2D eigenvalue weighted by Gasteiger charge is -2.35. The lowest BCUT2D eigenvalue weighted by molar-refractivity contribution is -0.00787. The van der Waals surface area contributed by atoms with Gasteiger partial charge in [0.2, 0.25) is 0 Å². The molecule has 1 aromatic rings. The molecule has 1 heterocycles. The van der Waals surface area contributed by atoms with Crippen molar-refractivity contribution in [3.05, 3.63) is 29.1 Å². The minimum absolute atomic E-state index is 0.147. The van der Waals surface area contributed by atoms with Gasteiger partial charge in [0.05, 0.1) is 16.9 Å². The van der Waals surface area contributed by atoms with E-state index in [4.69, 9.17) is 0 Å². The average molecular weight is 290 g/mol. The number of carbonyl (C=O) groups excluding carboxylic acids is 1. The number of carbonyl (C=O) groups is 1. The predicted octanol–water partition coefficient (Wildman–Crippen LogP) is 2.76. The van der Waals surface area contributed by atoms with Crippen molar-refractivity contribution in [2.75, 3.05) is 6.54 Å². The quantitative estimate of drug-likeness (QED) is 0.896. The summed E-state index contributed by atoms with van der Waals surface area (Å²) in [5, 5.41) is 13.4. The van der Waals surface area contributed by atoms with Crippen LogP contribution < -0.4 is 5.32 Å². The number of aryl methyl sites for hydroxylation is 2. The Morgan fingerprint density at radius 3 is 2.62 bits per heavy atom. The summed E-state index contributed by atoms with van der Waals surface area (Å²) in [6, 6.07) is 3.63. The van der Waals surface area contributed by atoms with E-state index in [1.165, 1.54) is 6.42 Å². The molecule has 1 aliphatic carbocycles. The molecule has 0 aliphatic heterocycles. The summed E-state index contributed by atoms with van der Waals surface area (Å²) in [7, 11) is 0. The predicted molar refractivity (Wildman–Crippen MR) is 83.2 cm³/mol. The molecule has 1 aliphatic rings. The zero-order valence-corrected chi connectivity index (χ0v) is 13.3. The number of aromatic nitrogens is 1. The molecule has 1 aromatic heterocycles. The van der Waals surface area contributed by atoms with E-state index in [0.29, 0.717) is 12.1 Å². The maximum Gasteiger partial charge on any atom is 0.253 e. The zero-order chi connectivity index (χ0) is 15.5. The van der Waals surface area contributed by atoms with E-state index < -0.39 is 5.60 Å². The standard InChI is InChI=1S/C17H26N2O2/c1-4-14-7-9-17(21,10-8-14)11-18-16(20)15-6-5-12(2)19-13(15)3/h5-6,14,21H,4,7-11H2,1-3H3,(H,18,20). The minimum atomic E-state index is -0.743. The van der Waals surface area contributed by atoms with Gasteiger partial charge in [-0.05, 0) is 57.6 Å². The van der Waals surface area contributed by atoms with Gasteiger partial charge < -0.3 is 10.4 Å². The smallest absolute Gasteiger partial charge is 0.253 e. The van der Waals surface area contributed by atoms with Gasteiger partial charge in [-0.15, -0.1) is 0 Å². The molecular weight excluding hydrogens is 264 g/mol. The highest BCUT2D eigenvalue weighted by atomic mass is 16.3. The highest BCUT2D eigenvalue weighted by Gasteiger charge is 2.33. The topological polar surface area (TPSA) is 62.2 Å². The second-order valence-electron chi connectivity index (χ2n) is 6.34. The van der Waals surface area contributed by atoms with Crippen molar-refractivity contribution in [3.8, 4) is 0 Å². The van der Waals surface area contributed by atoms with Crippen LogP contribution >= 0.6 is 0 Å². The van der Waals surface area contributed by atoms with Gasteiger partial charge in [0.15, 0.2) is 0 Å². The van der Waals surface area contributed by atoms with E-state index in [0.717, 1.165) is 43.0 Å². The van der Waals surface area contributed by atoms with Crippen molar-refractivity contribution in [2.45, 2.75) is 58.5 Å². The van der Waals surface area contributed by atoms with Crippen LogP contribution in [0.5, 0.6) is 0 Å². The number of amides is 1. The second kappa shape index (κ2) is 6.56. The molecule has 21 heavy (non-hydrogen) atoms. The first-order valence-corrected chi connectivity index (χ1v) is 7.88. The van der Waals surface area contributed by atoms with E-state index in [2.05, 4.69) is 17.2 Å². The molecule has 1 saturated carbocycles. The van der Waals surface area contributed by atoms with E-state index in [1.807, 2.05) is 19.9 Å². The molecular formula is C17H26N2O2. The fraction of sp³-hybridized carbons (Fsp3) is 0.647. The Morgan fingerprint density at radius 2 is 2.05 bits per heavy atom. The van der Waals surface area contributed by atoms with Gasteiger partial charge >= 0.3 is 0 Å². The van der Waals surface area contributed by atoms with Crippen LogP contribution in [0.15, 0.2) is 12.1 Å². The molecule has 4 nitrogen and oxygen atoms in total. The maximum atomic E-state index is 12.2. The minimum Gasteiger partial charge on any atom is -0.388 e. The summed E-state index contributed by atoms with van der Waals surface area (Å²) < 4.78 is 0. The highest BCUT2D eigenvalue weighted by molar-refractivity contribution is 5.95. The Hall–Kier alpha value is -1.42. The molecule has 1 fully saturated rings. The molecule has 0 spiro atoms. The summed E-state index contributed by atoms with van der Waals surface area (Å²) in [4.78, 5) is 16.5. The van der Waals surface area contributed by atoms with Crippen LogP contribution in [0, 0.1) is 19.8 Å². The van der Waals surface area contributed by atoms with E-state index >= 15 is 0 Å². The van der Waals surface area contributed by atoms with Crippen molar-refractivity contribution in [1.82, 2.24) is 10.3 Å². The van der Waals surface area contributed by atoms with E-state index in [9.17, 15) is 9.90 Å². The van der Waals surface area contributed by atoms with Gasteiger partial charge in [-0.1, -0.05) is 13.3 Å². The van der Waals surface area contributed by atoms with Crippen LogP contribution in [0.4, 0.5) is 0 Å². The Morgan fingerprint density at radius 1 is 1.38 bits per heavy atom. The van der Waals surface area contributed by atoms with Crippen molar-refractivity contribution in [1.29, 1.82) is 0 Å². The van der Waals surface area contributed by atoms with Crippen molar-refractivity contribution in [2.24, 2.45) is 5.92 Å². The van der Waals surface area contributed by atoms with Crippen molar-refractivity contribution < 1.29 is 9.90 Å². The van der Waals surface area contributed by atoms with E-state index in [-0.39, 0.29) is 5.91 Å². The third-order valence-corrected chi connectivity index (χ3v) is 4.66. The van der Waals surface area contributed by atoms with E-state index in [1.54, 1.807) is 6.07 Å². The maximum absolute atomic E-state index is 12.2. The second-order valence-corrected chi connectivity index (χ2v) is 6.34. The molecule has 0 unspecified atom stereocenters. The lowest BCUT2D eigenvalue weighted by Crippen LogP contribution is -2.45. The Bertz CT molecular complexity index is 506. The van der Waals surface area contributed by atoms with Gasteiger partial charge in [-0.3, -0.25) is 9.78 Å². The fourth-order valence-corrected chi connectivity index (χ4v) is 3.07. The third-order valence-electron chi connectivity index (χ3n) is 4.66. The molecule has 1 amide bonds. The third kappa shape index (κ3) is 4.03. The molecule has 0 atom stereocenters. The number of nitrogens with one attached hydrogen (secondary N) is 1. The summed E-state index contributed by atoms with van der Waals surface area (Å²) in [6.07, 6.45) is 4.83. The lowest BCUT2D eigenvalue weighted by atomic mass is 9.78. The molecule has 2 N–H and O–H groups in total. The largest absolute Gasteiger partial charge is 0.388 e. The molecule has 2 rings (SSSR count). The molecule has 0 radical (unpaired) electrons. The van der Waals surface area contributed by atoms with Gasteiger partial charge in [0.1, 0.15) is 0 Å². The van der Waals surface area contributed by atoms with Crippen LogP contribution in [0.25, 0.3) is 0 Å². The number of hydrogen-bond acceptors (Lipinski definition) is 3. The number of pyridine rings is 1. The van der Waals surface area contributed by atoms with Crippen LogP contribution in [-0.2, 0) is 0 Å². The van der Waals surface area contributed by atoms with Crippen LogP contribution in [0.3, 0.4) is 0 Å². The zero-order valence-electron chi connectivity index (χ0n) is 13.3. The van der Waals surface area contributed by atoms with Gasteiger partial charge in [0.25, 0.3) is 5.91 Å². The van der Waals surface area contributed by atoms with Crippen molar-refractivity contribution in [3.63, 3.8) is 0 Å². The van der Waals surface area contributed by atoms with Gasteiger partial charge in [0, 0.05) is 12.2 Å². The summed E-state index contributed by atoms with van der Waals surface area (Å²) >= 11 is 0. The Kier molecular flexibility index (Phi) is 4.99. The summed E-state index contributed by atoms with van der Waals surface area (Å²) in [5.41, 5.74) is 1.48. The van der Waals surface area contributed by atoms with Crippen molar-refractivity contribution >= 4 is 5.91 Å². The molecule has 4 heteroatoms. The average Bonchev–Trinajstić information content (AvgIpc) is 2.46. The first-order valence-electron chi connectivity index (χ1n) is 7.88. The monoisotopic (exact) mass is 290 g/mol. The van der Waals surface area contributed by atoms with Crippen LogP contribution in [-0.4, -0.2) is 28.1 Å². The van der Waals surface area contributed by atoms with Crippen LogP contribution in [0.1, 0.15) is 60.8 Å². The molecule has 0 bridgehead atoms. The normalized spacial score (nSPS) is 25.6. The van der Waals surface area contributed by atoms with Gasteiger partial charge in [-0.25, -0.2) is 0 Å². The first-order chi connectivity index (χ1) is 9.93. The molecule has 0 aromatic carbocycles. The highest BCUT2D eigenvalue weighted by Crippen LogP contribution is 2.33. The summed E-state index contributed by atoms with van der Waals surface area (Å²) in [5.74, 6) is 0.579. The van der Waals surface area contributed by atoms with Gasteiger partial charge in [-0.2, -0.15) is 0 Å². The molecule has 116 valence electrons.